The predicted octanol–water partition coefficient (Wildman–Crippen LogP) is 4.16. The van der Waals surface area contributed by atoms with Gasteiger partial charge in [-0.1, -0.05) is 55.0 Å². The smallest absolute Gasteiger partial charge is 0.243 e. The van der Waals surface area contributed by atoms with E-state index in [2.05, 4.69) is 10.3 Å². The molecule has 1 saturated heterocycles. The Labute approximate surface area is 221 Å². The molecule has 0 spiro atoms. The third-order valence-corrected chi connectivity index (χ3v) is 7.89. The summed E-state index contributed by atoms with van der Waals surface area (Å²) in [6.45, 7) is 6.17. The van der Waals surface area contributed by atoms with Gasteiger partial charge in [-0.25, -0.2) is 4.98 Å². The van der Waals surface area contributed by atoms with E-state index in [4.69, 9.17) is 0 Å². The van der Waals surface area contributed by atoms with Crippen molar-refractivity contribution in [3.63, 3.8) is 0 Å². The number of aliphatic hydroxyl groups is 1. The molecule has 37 heavy (non-hydrogen) atoms. The molecular weight excluding hydrogens is 486 g/mol. The van der Waals surface area contributed by atoms with Gasteiger partial charge in [0.2, 0.25) is 11.8 Å². The molecule has 7 nitrogen and oxygen atoms in total. The van der Waals surface area contributed by atoms with E-state index in [9.17, 15) is 19.5 Å². The molecule has 4 rings (SSSR count). The summed E-state index contributed by atoms with van der Waals surface area (Å²) in [5, 5.41) is 12.7. The van der Waals surface area contributed by atoms with Crippen molar-refractivity contribution in [2.45, 2.75) is 46.2 Å². The Morgan fingerprint density at radius 3 is 2.57 bits per heavy atom. The molecule has 0 aliphatic carbocycles. The third kappa shape index (κ3) is 6.32. The topological polar surface area (TPSA) is 99.6 Å². The van der Waals surface area contributed by atoms with Crippen LogP contribution in [0.5, 0.6) is 0 Å². The average molecular weight is 520 g/mol. The molecule has 0 radical (unpaired) electrons. The molecule has 0 bridgehead atoms. The van der Waals surface area contributed by atoms with E-state index < -0.39 is 12.0 Å². The molecular formula is C29H33N3O4S. The van der Waals surface area contributed by atoms with Crippen molar-refractivity contribution in [1.29, 1.82) is 0 Å². The van der Waals surface area contributed by atoms with Crippen LogP contribution in [-0.4, -0.2) is 51.8 Å². The number of amides is 2. The zero-order chi connectivity index (χ0) is 26.5. The van der Waals surface area contributed by atoms with Crippen molar-refractivity contribution in [2.75, 3.05) is 13.2 Å². The number of nitrogens with one attached hydrogen (secondary N) is 1. The highest BCUT2D eigenvalue weighted by Crippen LogP contribution is 2.28. The molecule has 1 aromatic heterocycles. The van der Waals surface area contributed by atoms with Gasteiger partial charge in [0.15, 0.2) is 5.78 Å². The number of Topliss-reactive ketones (excluding diaryl/α,β-unsaturated/α-hetero) is 1. The largest absolute Gasteiger partial charge is 0.396 e. The van der Waals surface area contributed by atoms with Crippen LogP contribution in [0.15, 0.2) is 54.0 Å². The van der Waals surface area contributed by atoms with Crippen LogP contribution >= 0.6 is 11.3 Å². The summed E-state index contributed by atoms with van der Waals surface area (Å²) in [6, 6.07) is 14.6. The summed E-state index contributed by atoms with van der Waals surface area (Å²) >= 11 is 1.59. The lowest BCUT2D eigenvalue weighted by Gasteiger charge is -2.26. The molecule has 8 heteroatoms. The maximum absolute atomic E-state index is 13.3. The predicted molar refractivity (Wildman–Crippen MR) is 144 cm³/mol. The van der Waals surface area contributed by atoms with Gasteiger partial charge in [-0.05, 0) is 37.5 Å². The highest BCUT2D eigenvalue weighted by molar-refractivity contribution is 7.13. The minimum absolute atomic E-state index is 0.0719. The Morgan fingerprint density at radius 1 is 1.16 bits per heavy atom. The fourth-order valence-electron chi connectivity index (χ4n) is 4.79. The Morgan fingerprint density at radius 2 is 1.92 bits per heavy atom. The van der Waals surface area contributed by atoms with Crippen molar-refractivity contribution in [3.8, 4) is 10.4 Å². The van der Waals surface area contributed by atoms with Gasteiger partial charge in [-0.3, -0.25) is 14.4 Å². The molecule has 3 atom stereocenters. The first-order chi connectivity index (χ1) is 17.8. The SMILES string of the molecule is Cc1cccc(C(=O)CC(C)C(=O)N2C[C@H](CO)C[C@H]2C(=O)NCc2ccc(-c3scnc3C)cc2)c1. The maximum atomic E-state index is 13.3. The number of hydrogen-bond acceptors (Lipinski definition) is 6. The zero-order valence-electron chi connectivity index (χ0n) is 21.4. The second kappa shape index (κ2) is 11.8. The molecule has 2 aromatic carbocycles. The fraction of sp³-hybridized carbons (Fsp3) is 0.379. The second-order valence-electron chi connectivity index (χ2n) is 9.87. The Bertz CT molecular complexity index is 1270. The Balaban J connectivity index is 1.38. The van der Waals surface area contributed by atoms with E-state index in [-0.39, 0.29) is 36.5 Å². The van der Waals surface area contributed by atoms with Crippen LogP contribution in [0.4, 0.5) is 0 Å². The molecule has 3 aromatic rings. The fourth-order valence-corrected chi connectivity index (χ4v) is 5.60. The van der Waals surface area contributed by atoms with E-state index in [0.717, 1.165) is 27.3 Å². The van der Waals surface area contributed by atoms with E-state index in [1.807, 2.05) is 61.8 Å². The van der Waals surface area contributed by atoms with Crippen LogP contribution in [0.3, 0.4) is 0 Å². The molecule has 2 N–H and O–H groups in total. The molecule has 0 saturated carbocycles. The molecule has 1 aliphatic heterocycles. The number of nitrogens with zero attached hydrogens (tertiary/aromatic N) is 2. The molecule has 1 fully saturated rings. The third-order valence-electron chi connectivity index (χ3n) is 6.91. The number of benzene rings is 2. The number of hydrogen-bond donors (Lipinski definition) is 2. The first kappa shape index (κ1) is 26.7. The number of thiazole rings is 1. The van der Waals surface area contributed by atoms with Crippen molar-refractivity contribution < 1.29 is 19.5 Å². The summed E-state index contributed by atoms with van der Waals surface area (Å²) in [4.78, 5) is 46.2. The minimum atomic E-state index is -0.666. The summed E-state index contributed by atoms with van der Waals surface area (Å²) in [5.74, 6) is -1.31. The summed E-state index contributed by atoms with van der Waals surface area (Å²) in [5.41, 5.74) is 6.42. The highest BCUT2D eigenvalue weighted by atomic mass is 32.1. The van der Waals surface area contributed by atoms with Crippen LogP contribution in [0, 0.1) is 25.7 Å². The second-order valence-corrected chi connectivity index (χ2v) is 10.7. The van der Waals surface area contributed by atoms with Crippen LogP contribution < -0.4 is 5.32 Å². The number of carbonyl (C=O) groups is 3. The maximum Gasteiger partial charge on any atom is 0.243 e. The summed E-state index contributed by atoms with van der Waals surface area (Å²) in [6.07, 6.45) is 0.471. The lowest BCUT2D eigenvalue weighted by Crippen LogP contribution is -2.47. The number of aryl methyl sites for hydroxylation is 2. The lowest BCUT2D eigenvalue weighted by molar-refractivity contribution is -0.141. The van der Waals surface area contributed by atoms with Gasteiger partial charge in [0, 0.05) is 43.5 Å². The molecule has 1 aliphatic rings. The number of likely N-dealkylation sites (tertiary alicyclic amines) is 1. The van der Waals surface area contributed by atoms with Crippen LogP contribution in [0.2, 0.25) is 0 Å². The highest BCUT2D eigenvalue weighted by Gasteiger charge is 2.40. The van der Waals surface area contributed by atoms with E-state index in [1.165, 1.54) is 0 Å². The number of carbonyl (C=O) groups excluding carboxylic acids is 3. The monoisotopic (exact) mass is 519 g/mol. The molecule has 194 valence electrons. The van der Waals surface area contributed by atoms with Gasteiger partial charge < -0.3 is 15.3 Å². The van der Waals surface area contributed by atoms with Crippen molar-refractivity contribution in [2.24, 2.45) is 11.8 Å². The number of ketones is 1. The van der Waals surface area contributed by atoms with E-state index in [1.54, 1.807) is 29.2 Å². The van der Waals surface area contributed by atoms with Gasteiger partial charge in [-0.15, -0.1) is 11.3 Å². The van der Waals surface area contributed by atoms with Crippen LogP contribution in [0.1, 0.15) is 46.9 Å². The standard InChI is InChI=1S/C29H33N3O4S/c1-18-5-4-6-24(11-18)26(34)12-19(2)29(36)32-15-22(16-33)13-25(32)28(35)30-14-21-7-9-23(10-8-21)27-20(3)31-17-37-27/h4-11,17,19,22,25,33H,12-16H2,1-3H3,(H,30,35)/t19?,22-,25+/m1/s1. The lowest BCUT2D eigenvalue weighted by atomic mass is 9.97. The number of aromatic nitrogens is 1. The first-order valence-corrected chi connectivity index (χ1v) is 13.4. The summed E-state index contributed by atoms with van der Waals surface area (Å²) < 4.78 is 0. The van der Waals surface area contributed by atoms with Gasteiger partial charge in [0.25, 0.3) is 0 Å². The number of aliphatic hydroxyl groups excluding tert-OH is 1. The van der Waals surface area contributed by atoms with Crippen LogP contribution in [0.25, 0.3) is 10.4 Å². The van der Waals surface area contributed by atoms with Crippen molar-refractivity contribution >= 4 is 28.9 Å². The summed E-state index contributed by atoms with van der Waals surface area (Å²) in [7, 11) is 0. The van der Waals surface area contributed by atoms with Gasteiger partial charge in [0.05, 0.1) is 16.1 Å². The molecule has 1 unspecified atom stereocenters. The zero-order valence-corrected chi connectivity index (χ0v) is 22.3. The quantitative estimate of drug-likeness (QED) is 0.414. The van der Waals surface area contributed by atoms with Crippen molar-refractivity contribution in [1.82, 2.24) is 15.2 Å². The van der Waals surface area contributed by atoms with Gasteiger partial charge >= 0.3 is 0 Å². The van der Waals surface area contributed by atoms with Crippen LogP contribution in [-0.2, 0) is 16.1 Å². The first-order valence-electron chi connectivity index (χ1n) is 12.5. The normalized spacial score (nSPS) is 18.0. The Hall–Kier alpha value is -3.36. The number of rotatable bonds is 9. The van der Waals surface area contributed by atoms with E-state index in [0.29, 0.717) is 25.1 Å². The molecule has 2 amide bonds. The van der Waals surface area contributed by atoms with E-state index >= 15 is 0 Å². The average Bonchev–Trinajstić information content (AvgIpc) is 3.53. The minimum Gasteiger partial charge on any atom is -0.396 e. The van der Waals surface area contributed by atoms with Gasteiger partial charge in [-0.2, -0.15) is 0 Å². The molecule has 2 heterocycles. The Kier molecular flexibility index (Phi) is 8.51. The van der Waals surface area contributed by atoms with Gasteiger partial charge in [0.1, 0.15) is 6.04 Å². The van der Waals surface area contributed by atoms with Crippen molar-refractivity contribution in [3.05, 3.63) is 76.4 Å².